The first-order valence-electron chi connectivity index (χ1n) is 6.12. The van der Waals surface area contributed by atoms with Gasteiger partial charge in [-0.3, -0.25) is 0 Å². The zero-order valence-corrected chi connectivity index (χ0v) is 11.2. The number of aryl methyl sites for hydroxylation is 2. The number of nitrogens with two attached hydrogens (primary N) is 1. The molecule has 0 saturated heterocycles. The number of anilines is 2. The summed E-state index contributed by atoms with van der Waals surface area (Å²) >= 11 is 0. The topological polar surface area (TPSA) is 119 Å². The van der Waals surface area contributed by atoms with E-state index in [0.29, 0.717) is 11.4 Å². The van der Waals surface area contributed by atoms with Crippen molar-refractivity contribution in [3.63, 3.8) is 0 Å². The van der Waals surface area contributed by atoms with Crippen molar-refractivity contribution in [2.24, 2.45) is 0 Å². The van der Waals surface area contributed by atoms with Crippen LogP contribution in [0.1, 0.15) is 11.1 Å². The minimum absolute atomic E-state index is 0.0188. The maximum Gasteiger partial charge on any atom is 0.110 e. The Hall–Kier alpha value is -1.34. The predicted octanol–water partition coefficient (Wildman–Crippen LogP) is -0.627. The average Bonchev–Trinajstić information content (AvgIpc) is 2.39. The lowest BCUT2D eigenvalue weighted by Crippen LogP contribution is -2.42. The first kappa shape index (κ1) is 15.7. The molecule has 0 spiro atoms. The summed E-state index contributed by atoms with van der Waals surface area (Å²) in [6.07, 6.45) is -3.98. The molecule has 0 bridgehead atoms. The molecule has 0 aliphatic carbocycles. The van der Waals surface area contributed by atoms with Gasteiger partial charge in [0.05, 0.1) is 24.1 Å². The zero-order valence-electron chi connectivity index (χ0n) is 11.2. The summed E-state index contributed by atoms with van der Waals surface area (Å²) in [5, 5.41) is 40.0. The molecule has 1 aromatic carbocycles. The van der Waals surface area contributed by atoms with Gasteiger partial charge in [-0.05, 0) is 37.1 Å². The normalized spacial score (nSPS) is 15.9. The Bertz CT molecular complexity index is 425. The van der Waals surface area contributed by atoms with Crippen molar-refractivity contribution in [1.82, 2.24) is 0 Å². The number of hydrogen-bond acceptors (Lipinski definition) is 6. The molecule has 0 amide bonds. The molecule has 3 atom stereocenters. The van der Waals surface area contributed by atoms with Gasteiger partial charge in [-0.15, -0.1) is 0 Å². The average molecular weight is 270 g/mol. The summed E-state index contributed by atoms with van der Waals surface area (Å²) in [6.45, 7) is 3.31. The van der Waals surface area contributed by atoms with Crippen LogP contribution >= 0.6 is 0 Å². The fraction of sp³-hybridized carbons (Fsp3) is 0.538. The van der Waals surface area contributed by atoms with Gasteiger partial charge in [-0.1, -0.05) is 0 Å². The Morgan fingerprint density at radius 2 is 1.68 bits per heavy atom. The summed E-state index contributed by atoms with van der Waals surface area (Å²) in [6, 6.07) is 3.68. The Labute approximate surface area is 112 Å². The third-order valence-electron chi connectivity index (χ3n) is 3.14. The van der Waals surface area contributed by atoms with Crippen LogP contribution in [0.25, 0.3) is 0 Å². The van der Waals surface area contributed by atoms with E-state index in [4.69, 9.17) is 10.8 Å². The molecular weight excluding hydrogens is 248 g/mol. The van der Waals surface area contributed by atoms with Gasteiger partial charge in [-0.25, -0.2) is 0 Å². The second-order valence-corrected chi connectivity index (χ2v) is 4.71. The molecule has 0 aliphatic rings. The summed E-state index contributed by atoms with van der Waals surface area (Å²) in [5.41, 5.74) is 9.18. The third kappa shape index (κ3) is 4.07. The first-order chi connectivity index (χ1) is 8.86. The lowest BCUT2D eigenvalue weighted by Gasteiger charge is -2.22. The molecule has 1 rings (SSSR count). The molecule has 0 heterocycles. The van der Waals surface area contributed by atoms with Crippen molar-refractivity contribution in [2.75, 3.05) is 24.2 Å². The lowest BCUT2D eigenvalue weighted by atomic mass is 10.1. The van der Waals surface area contributed by atoms with Crippen LogP contribution in [0.5, 0.6) is 0 Å². The maximum absolute atomic E-state index is 9.67. The van der Waals surface area contributed by atoms with E-state index >= 15 is 0 Å². The standard InChI is InChI=1S/C13H22N2O4/c1-7-3-9(14)10(4-8(7)2)15-5-11(17)13(19)12(18)6-16/h3-4,11-13,15-19H,5-6,14H2,1-2H3/t11-,12-,13+/m1/s1. The first-order valence-corrected chi connectivity index (χ1v) is 6.12. The van der Waals surface area contributed by atoms with E-state index in [1.807, 2.05) is 26.0 Å². The van der Waals surface area contributed by atoms with Gasteiger partial charge in [0.25, 0.3) is 0 Å². The van der Waals surface area contributed by atoms with Crippen molar-refractivity contribution < 1.29 is 20.4 Å². The summed E-state index contributed by atoms with van der Waals surface area (Å²) in [7, 11) is 0. The number of nitrogens with one attached hydrogen (secondary N) is 1. The van der Waals surface area contributed by atoms with Crippen LogP contribution in [0.2, 0.25) is 0 Å². The summed E-state index contributed by atoms with van der Waals surface area (Å²) < 4.78 is 0. The van der Waals surface area contributed by atoms with E-state index in [0.717, 1.165) is 11.1 Å². The van der Waals surface area contributed by atoms with E-state index in [1.165, 1.54) is 0 Å². The quantitative estimate of drug-likeness (QED) is 0.383. The van der Waals surface area contributed by atoms with Crippen molar-refractivity contribution in [3.8, 4) is 0 Å². The molecule has 0 aliphatic heterocycles. The molecule has 0 aromatic heterocycles. The Kier molecular flexibility index (Phi) is 5.56. The second-order valence-electron chi connectivity index (χ2n) is 4.71. The highest BCUT2D eigenvalue weighted by Gasteiger charge is 2.23. The fourth-order valence-electron chi connectivity index (χ4n) is 1.69. The van der Waals surface area contributed by atoms with Crippen LogP contribution in [0.15, 0.2) is 12.1 Å². The van der Waals surface area contributed by atoms with Gasteiger partial charge in [0.1, 0.15) is 12.2 Å². The molecule has 1 aromatic rings. The number of hydrogen-bond donors (Lipinski definition) is 6. The van der Waals surface area contributed by atoms with Crippen LogP contribution in [-0.2, 0) is 0 Å². The third-order valence-corrected chi connectivity index (χ3v) is 3.14. The van der Waals surface area contributed by atoms with E-state index in [1.54, 1.807) is 0 Å². The van der Waals surface area contributed by atoms with E-state index in [9.17, 15) is 15.3 Å². The minimum atomic E-state index is -1.41. The van der Waals surface area contributed by atoms with Gasteiger partial charge in [0.2, 0.25) is 0 Å². The van der Waals surface area contributed by atoms with Gasteiger partial charge in [-0.2, -0.15) is 0 Å². The van der Waals surface area contributed by atoms with Crippen molar-refractivity contribution in [3.05, 3.63) is 23.3 Å². The number of nitrogen functional groups attached to an aromatic ring is 1. The Morgan fingerprint density at radius 1 is 1.11 bits per heavy atom. The molecule has 7 N–H and O–H groups in total. The maximum atomic E-state index is 9.67. The number of aliphatic hydroxyl groups is 4. The second kappa shape index (κ2) is 6.72. The lowest BCUT2D eigenvalue weighted by molar-refractivity contribution is -0.0715. The Morgan fingerprint density at radius 3 is 2.26 bits per heavy atom. The minimum Gasteiger partial charge on any atom is -0.397 e. The smallest absolute Gasteiger partial charge is 0.110 e. The van der Waals surface area contributed by atoms with Crippen molar-refractivity contribution >= 4 is 11.4 Å². The van der Waals surface area contributed by atoms with Crippen molar-refractivity contribution in [1.29, 1.82) is 0 Å². The van der Waals surface area contributed by atoms with Crippen LogP contribution < -0.4 is 11.1 Å². The number of rotatable bonds is 6. The number of aliphatic hydroxyl groups excluding tert-OH is 4. The van der Waals surface area contributed by atoms with Gasteiger partial charge >= 0.3 is 0 Å². The SMILES string of the molecule is Cc1cc(N)c(NC[C@@H](O)[C@H](O)[C@H](O)CO)cc1C. The molecule has 6 nitrogen and oxygen atoms in total. The summed E-state index contributed by atoms with van der Waals surface area (Å²) in [4.78, 5) is 0. The van der Waals surface area contributed by atoms with Gasteiger partial charge < -0.3 is 31.5 Å². The molecule has 19 heavy (non-hydrogen) atoms. The van der Waals surface area contributed by atoms with Gasteiger partial charge in [0.15, 0.2) is 0 Å². The van der Waals surface area contributed by atoms with Crippen LogP contribution in [-0.4, -0.2) is 51.9 Å². The molecule has 0 saturated carbocycles. The Balaban J connectivity index is 2.64. The van der Waals surface area contributed by atoms with E-state index < -0.39 is 24.9 Å². The molecule has 108 valence electrons. The fourth-order valence-corrected chi connectivity index (χ4v) is 1.69. The summed E-state index contributed by atoms with van der Waals surface area (Å²) in [5.74, 6) is 0. The van der Waals surface area contributed by atoms with Crippen molar-refractivity contribution in [2.45, 2.75) is 32.2 Å². The largest absolute Gasteiger partial charge is 0.397 e. The molecule has 0 fully saturated rings. The number of benzene rings is 1. The zero-order chi connectivity index (χ0) is 14.6. The highest BCUT2D eigenvalue weighted by atomic mass is 16.4. The highest BCUT2D eigenvalue weighted by molar-refractivity contribution is 5.68. The molecular formula is C13H22N2O4. The highest BCUT2D eigenvalue weighted by Crippen LogP contribution is 2.23. The van der Waals surface area contributed by atoms with E-state index in [2.05, 4.69) is 5.32 Å². The van der Waals surface area contributed by atoms with Crippen LogP contribution in [0.4, 0.5) is 11.4 Å². The predicted molar refractivity (Wildman–Crippen MR) is 73.9 cm³/mol. The van der Waals surface area contributed by atoms with E-state index in [-0.39, 0.29) is 6.54 Å². The van der Waals surface area contributed by atoms with Crippen LogP contribution in [0, 0.1) is 13.8 Å². The molecule has 6 heteroatoms. The molecule has 0 unspecified atom stereocenters. The van der Waals surface area contributed by atoms with Gasteiger partial charge in [0, 0.05) is 6.54 Å². The monoisotopic (exact) mass is 270 g/mol. The molecule has 0 radical (unpaired) electrons. The van der Waals surface area contributed by atoms with Crippen LogP contribution in [0.3, 0.4) is 0 Å².